The molecule has 0 heterocycles. The van der Waals surface area contributed by atoms with E-state index in [4.69, 9.17) is 16.3 Å². The Hall–Kier alpha value is -2.29. The molecule has 1 amide bonds. The second-order valence-corrected chi connectivity index (χ2v) is 6.84. The zero-order valence-electron chi connectivity index (χ0n) is 13.7. The Bertz CT molecular complexity index is 857. The number of amides is 1. The van der Waals surface area contributed by atoms with E-state index in [1.807, 2.05) is 26.0 Å². The molecular weight excluding hydrogens is 404 g/mol. The average molecular weight is 420 g/mol. The van der Waals surface area contributed by atoms with Gasteiger partial charge in [0, 0.05) is 20.7 Å². The van der Waals surface area contributed by atoms with Crippen molar-refractivity contribution < 1.29 is 9.53 Å². The summed E-state index contributed by atoms with van der Waals surface area (Å²) in [6.07, 6.45) is 1.47. The van der Waals surface area contributed by atoms with E-state index >= 15 is 0 Å². The van der Waals surface area contributed by atoms with Crippen molar-refractivity contribution in [3.63, 3.8) is 0 Å². The topological polar surface area (TPSA) is 62.1 Å². The number of rotatable bonds is 5. The number of hydrogen-bond donors (Lipinski definition) is 1. The zero-order chi connectivity index (χ0) is 18.4. The van der Waals surface area contributed by atoms with Crippen LogP contribution in [0.2, 0.25) is 5.02 Å². The van der Waals surface area contributed by atoms with Gasteiger partial charge in [-0.2, -0.15) is 5.26 Å². The molecule has 0 aromatic heterocycles. The molecule has 25 heavy (non-hydrogen) atoms. The Morgan fingerprint density at radius 2 is 2.08 bits per heavy atom. The van der Waals surface area contributed by atoms with Crippen molar-refractivity contribution in [3.8, 4) is 11.8 Å². The van der Waals surface area contributed by atoms with E-state index in [0.717, 1.165) is 4.47 Å². The van der Waals surface area contributed by atoms with Gasteiger partial charge in [0.15, 0.2) is 0 Å². The molecule has 128 valence electrons. The van der Waals surface area contributed by atoms with Crippen LogP contribution < -0.4 is 10.1 Å². The van der Waals surface area contributed by atoms with Crippen LogP contribution in [0.15, 0.2) is 52.5 Å². The number of nitrogens with zero attached hydrogens (tertiary/aromatic N) is 1. The molecule has 4 nitrogen and oxygen atoms in total. The quantitative estimate of drug-likeness (QED) is 0.519. The molecule has 0 atom stereocenters. The Morgan fingerprint density at radius 3 is 2.72 bits per heavy atom. The van der Waals surface area contributed by atoms with Crippen molar-refractivity contribution in [3.05, 3.63) is 63.1 Å². The fourth-order valence-electron chi connectivity index (χ4n) is 2.06. The van der Waals surface area contributed by atoms with E-state index in [2.05, 4.69) is 21.2 Å². The molecule has 2 aromatic rings. The van der Waals surface area contributed by atoms with Crippen LogP contribution in [0.4, 0.5) is 5.69 Å². The lowest BCUT2D eigenvalue weighted by atomic mass is 10.1. The number of nitriles is 1. The molecule has 1 N–H and O–H groups in total. The molecule has 6 heteroatoms. The number of halogens is 2. The van der Waals surface area contributed by atoms with Crippen molar-refractivity contribution in [1.29, 1.82) is 5.26 Å². The molecule has 0 saturated carbocycles. The monoisotopic (exact) mass is 418 g/mol. The van der Waals surface area contributed by atoms with E-state index in [1.165, 1.54) is 6.08 Å². The van der Waals surface area contributed by atoms with Gasteiger partial charge in [0.05, 0.1) is 6.10 Å². The minimum atomic E-state index is -0.514. The lowest BCUT2D eigenvalue weighted by Crippen LogP contribution is -2.13. The molecule has 0 saturated heterocycles. The summed E-state index contributed by atoms with van der Waals surface area (Å²) in [6, 6.07) is 14.1. The lowest BCUT2D eigenvalue weighted by Gasteiger charge is -2.13. The number of carbonyl (C=O) groups excluding carboxylic acids is 1. The van der Waals surface area contributed by atoms with Crippen LogP contribution in [-0.2, 0) is 4.79 Å². The number of ether oxygens (including phenoxy) is 1. The third kappa shape index (κ3) is 5.63. The molecule has 0 unspecified atom stereocenters. The van der Waals surface area contributed by atoms with Crippen LogP contribution in [0.5, 0.6) is 5.75 Å². The second-order valence-electron chi connectivity index (χ2n) is 5.48. The van der Waals surface area contributed by atoms with Gasteiger partial charge >= 0.3 is 0 Å². The maximum atomic E-state index is 12.4. The van der Waals surface area contributed by atoms with Crippen molar-refractivity contribution in [2.45, 2.75) is 20.0 Å². The van der Waals surface area contributed by atoms with E-state index in [-0.39, 0.29) is 11.7 Å². The highest BCUT2D eigenvalue weighted by atomic mass is 79.9. The Labute approximate surface area is 160 Å². The fourth-order valence-corrected chi connectivity index (χ4v) is 2.63. The fraction of sp³-hybridized carbons (Fsp3) is 0.158. The van der Waals surface area contributed by atoms with Gasteiger partial charge in [-0.05, 0) is 56.3 Å². The number of benzene rings is 2. The Kier molecular flexibility index (Phi) is 6.63. The first kappa shape index (κ1) is 19.0. The van der Waals surface area contributed by atoms with E-state index < -0.39 is 5.91 Å². The van der Waals surface area contributed by atoms with Gasteiger partial charge in [0.2, 0.25) is 0 Å². The molecular formula is C19H16BrClN2O2. The summed E-state index contributed by atoms with van der Waals surface area (Å²) in [4.78, 5) is 12.4. The smallest absolute Gasteiger partial charge is 0.266 e. The lowest BCUT2D eigenvalue weighted by molar-refractivity contribution is -0.112. The van der Waals surface area contributed by atoms with Crippen LogP contribution in [-0.4, -0.2) is 12.0 Å². The predicted octanol–water partition coefficient (Wildman–Crippen LogP) is 5.44. The van der Waals surface area contributed by atoms with Gasteiger partial charge < -0.3 is 10.1 Å². The van der Waals surface area contributed by atoms with Gasteiger partial charge in [-0.25, -0.2) is 0 Å². The zero-order valence-corrected chi connectivity index (χ0v) is 16.1. The Balaban J connectivity index is 2.32. The van der Waals surface area contributed by atoms with Gasteiger partial charge in [-0.15, -0.1) is 0 Å². The van der Waals surface area contributed by atoms with Crippen molar-refractivity contribution in [2.75, 3.05) is 5.32 Å². The van der Waals surface area contributed by atoms with Crippen LogP contribution >= 0.6 is 27.5 Å². The Morgan fingerprint density at radius 1 is 1.32 bits per heavy atom. The molecule has 0 aliphatic heterocycles. The van der Waals surface area contributed by atoms with Crippen LogP contribution in [0.3, 0.4) is 0 Å². The maximum absolute atomic E-state index is 12.4. The molecule has 0 spiro atoms. The highest BCUT2D eigenvalue weighted by Gasteiger charge is 2.12. The SMILES string of the molecule is CC(C)Oc1ccc(Br)cc1/C=C(\C#N)C(=O)Nc1cccc(Cl)c1. The summed E-state index contributed by atoms with van der Waals surface area (Å²) in [5.74, 6) is 0.0849. The molecule has 0 aliphatic rings. The summed E-state index contributed by atoms with van der Waals surface area (Å²) in [7, 11) is 0. The molecule has 0 aliphatic carbocycles. The van der Waals surface area contributed by atoms with Crippen molar-refractivity contribution in [2.24, 2.45) is 0 Å². The molecule has 0 fully saturated rings. The second kappa shape index (κ2) is 8.70. The van der Waals surface area contributed by atoms with Crippen molar-refractivity contribution in [1.82, 2.24) is 0 Å². The normalized spacial score (nSPS) is 11.1. The van der Waals surface area contributed by atoms with Gasteiger partial charge in [-0.1, -0.05) is 33.6 Å². The largest absolute Gasteiger partial charge is 0.490 e. The van der Waals surface area contributed by atoms with Crippen LogP contribution in [0.1, 0.15) is 19.4 Å². The van der Waals surface area contributed by atoms with E-state index in [9.17, 15) is 10.1 Å². The standard InChI is InChI=1S/C19H16BrClN2O2/c1-12(2)25-18-7-6-15(20)9-13(18)8-14(11-22)19(24)23-17-5-3-4-16(21)10-17/h3-10,12H,1-2H3,(H,23,24)/b14-8+. The average Bonchev–Trinajstić information content (AvgIpc) is 2.54. The molecule has 0 bridgehead atoms. The first-order valence-corrected chi connectivity index (χ1v) is 8.71. The van der Waals surface area contributed by atoms with E-state index in [1.54, 1.807) is 36.4 Å². The number of carbonyl (C=O) groups is 1. The summed E-state index contributed by atoms with van der Waals surface area (Å²) < 4.78 is 6.56. The van der Waals surface area contributed by atoms with Gasteiger partial charge in [0.1, 0.15) is 17.4 Å². The molecule has 2 rings (SSSR count). The summed E-state index contributed by atoms with van der Waals surface area (Å²) in [5.41, 5.74) is 1.12. The highest BCUT2D eigenvalue weighted by Crippen LogP contribution is 2.27. The minimum absolute atomic E-state index is 0.0286. The van der Waals surface area contributed by atoms with Crippen LogP contribution in [0.25, 0.3) is 6.08 Å². The third-order valence-corrected chi connectivity index (χ3v) is 3.81. The molecule has 2 aromatic carbocycles. The first-order valence-electron chi connectivity index (χ1n) is 7.54. The summed E-state index contributed by atoms with van der Waals surface area (Å²) in [5, 5.41) is 12.5. The predicted molar refractivity (Wildman–Crippen MR) is 104 cm³/mol. The maximum Gasteiger partial charge on any atom is 0.266 e. The minimum Gasteiger partial charge on any atom is -0.490 e. The van der Waals surface area contributed by atoms with Crippen molar-refractivity contribution >= 4 is 45.2 Å². The van der Waals surface area contributed by atoms with Gasteiger partial charge in [-0.3, -0.25) is 4.79 Å². The summed E-state index contributed by atoms with van der Waals surface area (Å²) in [6.45, 7) is 3.82. The van der Waals surface area contributed by atoms with Crippen LogP contribution in [0, 0.1) is 11.3 Å². The number of anilines is 1. The first-order chi connectivity index (χ1) is 11.9. The molecule has 0 radical (unpaired) electrons. The third-order valence-electron chi connectivity index (χ3n) is 3.08. The van der Waals surface area contributed by atoms with E-state index in [0.29, 0.717) is 22.0 Å². The number of hydrogen-bond acceptors (Lipinski definition) is 3. The highest BCUT2D eigenvalue weighted by molar-refractivity contribution is 9.10. The van der Waals surface area contributed by atoms with Gasteiger partial charge in [0.25, 0.3) is 5.91 Å². The number of nitrogens with one attached hydrogen (secondary N) is 1. The summed E-state index contributed by atoms with van der Waals surface area (Å²) >= 11 is 9.30.